The first-order valence-electron chi connectivity index (χ1n) is 0.783. The Balaban J connectivity index is -0.0000000267. The molecular formula is H5AlO4P+5. The summed E-state index contributed by atoms with van der Waals surface area (Å²) in [7, 11) is -4.64. The van der Waals surface area contributed by atoms with E-state index in [4.69, 9.17) is 19.2 Å². The summed E-state index contributed by atoms with van der Waals surface area (Å²) < 4.78 is 8.88. The standard InChI is InChI=1S/Al.H3O4P/c;1-5(2,3)4/h;(H3,1,2,3,4)/q+3;/p+2. The molecule has 0 unspecified atom stereocenters. The Labute approximate surface area is 48.1 Å². The number of rotatable bonds is 0. The van der Waals surface area contributed by atoms with Crippen molar-refractivity contribution in [3.05, 3.63) is 0 Å². The van der Waals surface area contributed by atoms with E-state index in [1.165, 1.54) is 0 Å². The zero-order chi connectivity index (χ0) is 4.50. The quantitative estimate of drug-likeness (QED) is 0.285. The van der Waals surface area contributed by atoms with Gasteiger partial charge in [0, 0.05) is 0 Å². The largest absolute Gasteiger partial charge is 3.00 e. The molecule has 6 heteroatoms. The minimum Gasteiger partial charge on any atom is -0.303 e. The third-order valence-corrected chi connectivity index (χ3v) is 0. The Morgan fingerprint density at radius 3 is 1.33 bits per heavy atom. The van der Waals surface area contributed by atoms with Crippen LogP contribution in [-0.4, -0.2) is 32.0 Å². The van der Waals surface area contributed by atoms with E-state index in [1.54, 1.807) is 0 Å². The number of hydrogen-bond acceptors (Lipinski definition) is 1. The molecular weight excluding hydrogens is 122 g/mol. The molecule has 0 spiro atoms. The summed E-state index contributed by atoms with van der Waals surface area (Å²) in [5, 5.41) is 0. The molecule has 0 rings (SSSR count). The Bertz CT molecular complexity index is 60.2. The average molecular weight is 127 g/mol. The van der Waals surface area contributed by atoms with Gasteiger partial charge in [0.25, 0.3) is 0 Å². The first-order valence-corrected chi connectivity index (χ1v) is 2.35. The first kappa shape index (κ1) is 9.81. The Morgan fingerprint density at radius 1 is 1.33 bits per heavy atom. The van der Waals surface area contributed by atoms with Gasteiger partial charge in [-0.2, -0.15) is 0 Å². The molecule has 0 bridgehead atoms. The summed E-state index contributed by atoms with van der Waals surface area (Å²) in [5.41, 5.74) is 0. The van der Waals surface area contributed by atoms with Crippen LogP contribution < -0.4 is 0 Å². The number of phosphoric acid groups is 1. The minimum atomic E-state index is -4.64. The van der Waals surface area contributed by atoms with Crippen LogP contribution in [0.4, 0.5) is 0 Å². The molecule has 0 saturated heterocycles. The van der Waals surface area contributed by atoms with Crippen LogP contribution in [0.1, 0.15) is 2.85 Å². The second kappa shape index (κ2) is 2.76. The van der Waals surface area contributed by atoms with Crippen LogP contribution >= 0.6 is 7.82 Å². The molecule has 0 amide bonds. The Kier molecular flexibility index (Phi) is 4.51. The van der Waals surface area contributed by atoms with Crippen molar-refractivity contribution >= 4 is 25.2 Å². The van der Waals surface area contributed by atoms with Gasteiger partial charge in [-0.05, 0) is 0 Å². The normalized spacial score (nSPS) is 9.83. The molecule has 3 N–H and O–H groups in total. The predicted molar refractivity (Wildman–Crippen MR) is 22.2 cm³/mol. The van der Waals surface area contributed by atoms with Crippen molar-refractivity contribution in [1.29, 1.82) is 0 Å². The van der Waals surface area contributed by atoms with E-state index < -0.39 is 7.82 Å². The molecule has 0 aliphatic carbocycles. The zero-order valence-electron chi connectivity index (χ0n) is 4.77. The second-order valence-corrected chi connectivity index (χ2v) is 1.54. The van der Waals surface area contributed by atoms with Crippen LogP contribution in [-0.2, 0) is 4.57 Å². The van der Waals surface area contributed by atoms with Gasteiger partial charge in [-0.15, -0.1) is 0 Å². The van der Waals surface area contributed by atoms with Crippen LogP contribution in [0.25, 0.3) is 0 Å². The summed E-state index contributed by atoms with van der Waals surface area (Å²) in [4.78, 5) is 21.6. The van der Waals surface area contributed by atoms with Crippen molar-refractivity contribution in [3.63, 3.8) is 0 Å². The van der Waals surface area contributed by atoms with Gasteiger partial charge >= 0.3 is 28.0 Å². The van der Waals surface area contributed by atoms with E-state index in [-0.39, 0.29) is 20.2 Å². The molecule has 4 nitrogen and oxygen atoms in total. The molecule has 0 aliphatic rings. The summed E-state index contributed by atoms with van der Waals surface area (Å²) in [5.74, 6) is 0. The van der Waals surface area contributed by atoms with Crippen LogP contribution in [0, 0.1) is 0 Å². The van der Waals surface area contributed by atoms with Crippen molar-refractivity contribution in [2.24, 2.45) is 0 Å². The van der Waals surface area contributed by atoms with Crippen LogP contribution in [0.5, 0.6) is 0 Å². The van der Waals surface area contributed by atoms with E-state index in [0.29, 0.717) is 0 Å². The Hall–Kier alpha value is 0.642. The molecule has 0 fully saturated rings. The van der Waals surface area contributed by atoms with E-state index in [1.807, 2.05) is 0 Å². The SMILES string of the molecule is O=P(O)(O)O.[Al+3].[H+].[H+]. The fourth-order valence-electron chi connectivity index (χ4n) is 0. The van der Waals surface area contributed by atoms with E-state index >= 15 is 0 Å². The molecule has 0 atom stereocenters. The third-order valence-electron chi connectivity index (χ3n) is 0. The summed E-state index contributed by atoms with van der Waals surface area (Å²) in [6.07, 6.45) is 0. The van der Waals surface area contributed by atoms with E-state index in [0.717, 1.165) is 0 Å². The fourth-order valence-corrected chi connectivity index (χ4v) is 0. The predicted octanol–water partition coefficient (Wildman–Crippen LogP) is -1.08. The summed E-state index contributed by atoms with van der Waals surface area (Å²) in [6, 6.07) is 0. The maximum atomic E-state index is 8.88. The van der Waals surface area contributed by atoms with Gasteiger partial charge in [0.2, 0.25) is 0 Å². The molecule has 0 aromatic heterocycles. The molecule has 32 valence electrons. The van der Waals surface area contributed by atoms with Gasteiger partial charge in [-0.3, -0.25) is 0 Å². The van der Waals surface area contributed by atoms with Crippen LogP contribution in [0.15, 0.2) is 0 Å². The van der Waals surface area contributed by atoms with Crippen molar-refractivity contribution < 1.29 is 22.1 Å². The van der Waals surface area contributed by atoms with E-state index in [9.17, 15) is 0 Å². The van der Waals surface area contributed by atoms with Crippen LogP contribution in [0.3, 0.4) is 0 Å². The molecule has 0 saturated carbocycles. The smallest absolute Gasteiger partial charge is 0.303 e. The molecule has 0 aromatic carbocycles. The zero-order valence-corrected chi connectivity index (χ0v) is 4.82. The maximum absolute atomic E-state index is 8.88. The van der Waals surface area contributed by atoms with Gasteiger partial charge < -0.3 is 14.7 Å². The fraction of sp³-hybridized carbons (Fsp3) is 0. The molecule has 6 heavy (non-hydrogen) atoms. The molecule has 0 aromatic rings. The van der Waals surface area contributed by atoms with Crippen molar-refractivity contribution in [1.82, 2.24) is 0 Å². The maximum Gasteiger partial charge on any atom is 3.00 e. The van der Waals surface area contributed by atoms with Gasteiger partial charge in [0.15, 0.2) is 0 Å². The van der Waals surface area contributed by atoms with E-state index in [2.05, 4.69) is 0 Å². The topological polar surface area (TPSA) is 77.8 Å². The average Bonchev–Trinajstić information content (AvgIpc) is 0.722. The monoisotopic (exact) mass is 127 g/mol. The molecule has 0 heterocycles. The minimum absolute atomic E-state index is 0. The van der Waals surface area contributed by atoms with Crippen LogP contribution in [0.2, 0.25) is 0 Å². The summed E-state index contributed by atoms with van der Waals surface area (Å²) in [6.45, 7) is 0. The molecule has 0 aliphatic heterocycles. The van der Waals surface area contributed by atoms with Gasteiger partial charge in [-0.1, -0.05) is 0 Å². The van der Waals surface area contributed by atoms with Gasteiger partial charge in [0.1, 0.15) is 0 Å². The van der Waals surface area contributed by atoms with Crippen molar-refractivity contribution in [2.45, 2.75) is 0 Å². The number of hydrogen-bond donors (Lipinski definition) is 3. The van der Waals surface area contributed by atoms with Gasteiger partial charge in [0.05, 0.1) is 0 Å². The summed E-state index contributed by atoms with van der Waals surface area (Å²) >= 11 is 0. The first-order chi connectivity index (χ1) is 2.00. The molecule has 0 radical (unpaired) electrons. The third kappa shape index (κ3) is 149. The Morgan fingerprint density at radius 2 is 1.33 bits per heavy atom. The second-order valence-electron chi connectivity index (χ2n) is 0.513. The van der Waals surface area contributed by atoms with Crippen molar-refractivity contribution in [2.75, 3.05) is 0 Å². The van der Waals surface area contributed by atoms with Gasteiger partial charge in [-0.25, -0.2) is 4.57 Å². The van der Waals surface area contributed by atoms with Crippen molar-refractivity contribution in [3.8, 4) is 0 Å².